The highest BCUT2D eigenvalue weighted by Gasteiger charge is 2.20. The van der Waals surface area contributed by atoms with Crippen LogP contribution in [0.2, 0.25) is 0 Å². The van der Waals surface area contributed by atoms with Crippen molar-refractivity contribution >= 4 is 15.7 Å². The molecule has 1 heterocycles. The molecule has 0 aliphatic carbocycles. The molecule has 0 saturated carbocycles. The zero-order chi connectivity index (χ0) is 17.2. The quantitative estimate of drug-likeness (QED) is 0.770. The molecule has 0 aliphatic rings. The number of rotatable bonds is 5. The summed E-state index contributed by atoms with van der Waals surface area (Å²) in [6.07, 6.45) is 3.47. The van der Waals surface area contributed by atoms with E-state index in [0.29, 0.717) is 12.6 Å². The summed E-state index contributed by atoms with van der Waals surface area (Å²) in [4.78, 5) is -0.733. The average Bonchev–Trinajstić information content (AvgIpc) is 3.04. The van der Waals surface area contributed by atoms with Crippen molar-refractivity contribution in [3.8, 4) is 0 Å². The predicted molar refractivity (Wildman–Crippen MR) is 84.9 cm³/mol. The molecule has 24 heavy (non-hydrogen) atoms. The van der Waals surface area contributed by atoms with Gasteiger partial charge < -0.3 is 0 Å². The minimum Gasteiger partial charge on any atom is -0.280 e. The molecule has 3 rings (SSSR count). The van der Waals surface area contributed by atoms with Crippen LogP contribution in [0.4, 0.5) is 14.5 Å². The molecule has 0 radical (unpaired) electrons. The van der Waals surface area contributed by atoms with Crippen molar-refractivity contribution in [1.29, 1.82) is 0 Å². The Labute approximate surface area is 137 Å². The molecule has 0 fully saturated rings. The fourth-order valence-electron chi connectivity index (χ4n) is 2.15. The van der Waals surface area contributed by atoms with Crippen LogP contribution in [-0.4, -0.2) is 18.2 Å². The highest BCUT2D eigenvalue weighted by Crippen LogP contribution is 2.20. The number of benzene rings is 2. The van der Waals surface area contributed by atoms with Crippen LogP contribution in [0.25, 0.3) is 0 Å². The molecule has 1 N–H and O–H groups in total. The molecular weight excluding hydrogens is 336 g/mol. The molecule has 0 bridgehead atoms. The van der Waals surface area contributed by atoms with Gasteiger partial charge in [-0.1, -0.05) is 12.1 Å². The number of hydrogen-bond acceptors (Lipinski definition) is 3. The molecule has 2 aromatic carbocycles. The molecule has 8 heteroatoms. The highest BCUT2D eigenvalue weighted by atomic mass is 32.2. The lowest BCUT2D eigenvalue weighted by molar-refractivity contribution is 0.555. The van der Waals surface area contributed by atoms with Crippen LogP contribution in [-0.2, 0) is 16.6 Å². The fraction of sp³-hybridized carbons (Fsp3) is 0.0625. The number of nitrogens with one attached hydrogen (secondary N) is 1. The third kappa shape index (κ3) is 3.60. The molecule has 124 valence electrons. The van der Waals surface area contributed by atoms with Crippen molar-refractivity contribution in [2.75, 3.05) is 4.72 Å². The SMILES string of the molecule is O=S(=O)(Nc1ccc(Cn2cccn2)cc1)c1cc(F)ccc1F. The minimum atomic E-state index is -4.21. The number of aromatic nitrogens is 2. The topological polar surface area (TPSA) is 64.0 Å². The van der Waals surface area contributed by atoms with Crippen molar-refractivity contribution in [1.82, 2.24) is 9.78 Å². The highest BCUT2D eigenvalue weighted by molar-refractivity contribution is 7.92. The number of anilines is 1. The largest absolute Gasteiger partial charge is 0.280 e. The van der Waals surface area contributed by atoms with Crippen LogP contribution >= 0.6 is 0 Å². The molecule has 5 nitrogen and oxygen atoms in total. The van der Waals surface area contributed by atoms with E-state index < -0.39 is 26.6 Å². The molecule has 0 amide bonds. The van der Waals surface area contributed by atoms with Crippen LogP contribution in [0.3, 0.4) is 0 Å². The Bertz CT molecular complexity index is 940. The lowest BCUT2D eigenvalue weighted by Crippen LogP contribution is -2.15. The van der Waals surface area contributed by atoms with Crippen molar-refractivity contribution in [3.63, 3.8) is 0 Å². The van der Waals surface area contributed by atoms with Crippen molar-refractivity contribution in [2.45, 2.75) is 11.4 Å². The van der Waals surface area contributed by atoms with Gasteiger partial charge in [0.2, 0.25) is 0 Å². The van der Waals surface area contributed by atoms with E-state index >= 15 is 0 Å². The molecular formula is C16H13F2N3O2S. The van der Waals surface area contributed by atoms with Crippen LogP contribution in [0.1, 0.15) is 5.56 Å². The maximum atomic E-state index is 13.6. The number of hydrogen-bond donors (Lipinski definition) is 1. The third-order valence-corrected chi connectivity index (χ3v) is 4.69. The van der Waals surface area contributed by atoms with E-state index in [-0.39, 0.29) is 5.69 Å². The average molecular weight is 349 g/mol. The first-order valence-corrected chi connectivity index (χ1v) is 8.46. The summed E-state index contributed by atoms with van der Waals surface area (Å²) in [5.74, 6) is -1.84. The van der Waals surface area contributed by atoms with E-state index in [1.165, 1.54) is 0 Å². The van der Waals surface area contributed by atoms with Gasteiger partial charge in [0.05, 0.1) is 6.54 Å². The summed E-state index contributed by atoms with van der Waals surface area (Å²) >= 11 is 0. The van der Waals surface area contributed by atoms with Gasteiger partial charge in [0, 0.05) is 18.1 Å². The first-order valence-electron chi connectivity index (χ1n) is 6.98. The number of sulfonamides is 1. The lowest BCUT2D eigenvalue weighted by atomic mass is 10.2. The smallest absolute Gasteiger partial charge is 0.264 e. The van der Waals surface area contributed by atoms with E-state index in [9.17, 15) is 17.2 Å². The maximum Gasteiger partial charge on any atom is 0.264 e. The zero-order valence-electron chi connectivity index (χ0n) is 12.4. The van der Waals surface area contributed by atoms with E-state index in [4.69, 9.17) is 0 Å². The van der Waals surface area contributed by atoms with Crippen LogP contribution < -0.4 is 4.72 Å². The van der Waals surface area contributed by atoms with Gasteiger partial charge in [-0.05, 0) is 42.0 Å². The fourth-order valence-corrected chi connectivity index (χ4v) is 3.30. The molecule has 1 aromatic heterocycles. The van der Waals surface area contributed by atoms with Gasteiger partial charge in [0.15, 0.2) is 0 Å². The summed E-state index contributed by atoms with van der Waals surface area (Å²) in [5, 5.41) is 4.08. The van der Waals surface area contributed by atoms with Gasteiger partial charge in [0.25, 0.3) is 10.0 Å². The Hall–Kier alpha value is -2.74. The third-order valence-electron chi connectivity index (χ3n) is 3.29. The molecule has 3 aromatic rings. The van der Waals surface area contributed by atoms with Crippen molar-refractivity contribution in [2.24, 2.45) is 0 Å². The molecule has 0 unspecified atom stereocenters. The van der Waals surface area contributed by atoms with E-state index in [1.807, 2.05) is 6.20 Å². The van der Waals surface area contributed by atoms with Gasteiger partial charge in [0.1, 0.15) is 16.5 Å². The predicted octanol–water partition coefficient (Wildman–Crippen LogP) is 3.01. The molecule has 0 spiro atoms. The van der Waals surface area contributed by atoms with Gasteiger partial charge in [-0.15, -0.1) is 0 Å². The number of halogens is 2. The van der Waals surface area contributed by atoms with E-state index in [0.717, 1.165) is 17.7 Å². The van der Waals surface area contributed by atoms with Crippen LogP contribution in [0, 0.1) is 11.6 Å². The van der Waals surface area contributed by atoms with Gasteiger partial charge in [-0.3, -0.25) is 9.40 Å². The van der Waals surface area contributed by atoms with E-state index in [2.05, 4.69) is 9.82 Å². The lowest BCUT2D eigenvalue weighted by Gasteiger charge is -2.10. The molecule has 0 aliphatic heterocycles. The summed E-state index contributed by atoms with van der Waals surface area (Å²) in [7, 11) is -4.21. The maximum absolute atomic E-state index is 13.6. The van der Waals surface area contributed by atoms with Gasteiger partial charge >= 0.3 is 0 Å². The summed E-state index contributed by atoms with van der Waals surface area (Å²) in [6, 6.07) is 10.6. The van der Waals surface area contributed by atoms with E-state index in [1.54, 1.807) is 41.2 Å². The van der Waals surface area contributed by atoms with Gasteiger partial charge in [-0.2, -0.15) is 5.10 Å². The van der Waals surface area contributed by atoms with Crippen LogP contribution in [0.15, 0.2) is 65.8 Å². The van der Waals surface area contributed by atoms with Crippen molar-refractivity contribution < 1.29 is 17.2 Å². The summed E-state index contributed by atoms with van der Waals surface area (Å²) in [5.41, 5.74) is 1.17. The first kappa shape index (κ1) is 16.1. The van der Waals surface area contributed by atoms with Crippen molar-refractivity contribution in [3.05, 3.63) is 78.1 Å². The Morgan fingerprint density at radius 3 is 2.50 bits per heavy atom. The monoisotopic (exact) mass is 349 g/mol. The number of nitrogens with zero attached hydrogens (tertiary/aromatic N) is 2. The second-order valence-electron chi connectivity index (χ2n) is 5.08. The second kappa shape index (κ2) is 6.40. The summed E-state index contributed by atoms with van der Waals surface area (Å²) < 4.78 is 55.2. The zero-order valence-corrected chi connectivity index (χ0v) is 13.2. The Balaban J connectivity index is 1.79. The molecule has 0 atom stereocenters. The Morgan fingerprint density at radius 2 is 1.83 bits per heavy atom. The first-order chi connectivity index (χ1) is 11.4. The van der Waals surface area contributed by atoms with Gasteiger partial charge in [-0.25, -0.2) is 17.2 Å². The Morgan fingerprint density at radius 1 is 1.08 bits per heavy atom. The molecule has 0 saturated heterocycles. The standard InChI is InChI=1S/C16H13F2N3O2S/c17-13-4-7-15(18)16(10-13)24(22,23)20-14-5-2-12(3-6-14)11-21-9-1-8-19-21/h1-10,20H,11H2. The summed E-state index contributed by atoms with van der Waals surface area (Å²) in [6.45, 7) is 0.540. The Kier molecular flexibility index (Phi) is 4.30. The van der Waals surface area contributed by atoms with Crippen LogP contribution in [0.5, 0.6) is 0 Å². The minimum absolute atomic E-state index is 0.253. The second-order valence-corrected chi connectivity index (χ2v) is 6.73. The normalized spacial score (nSPS) is 11.4.